The highest BCUT2D eigenvalue weighted by atomic mass is 16.5. The maximum atomic E-state index is 11.9. The molecule has 0 aliphatic carbocycles. The molecule has 19 heavy (non-hydrogen) atoms. The zero-order chi connectivity index (χ0) is 13.7. The van der Waals surface area contributed by atoms with Crippen LogP contribution in [0, 0.1) is 0 Å². The molecule has 0 saturated carbocycles. The van der Waals surface area contributed by atoms with Crippen molar-refractivity contribution in [2.45, 2.75) is 12.5 Å². The van der Waals surface area contributed by atoms with Crippen LogP contribution in [0.1, 0.15) is 6.42 Å². The molecule has 0 aliphatic heterocycles. The van der Waals surface area contributed by atoms with Crippen molar-refractivity contribution in [3.8, 4) is 0 Å². The lowest BCUT2D eigenvalue weighted by molar-refractivity contribution is -0.117. The molecule has 0 bridgehead atoms. The number of nitrogens with one attached hydrogen (secondary N) is 1. The predicted molar refractivity (Wildman–Crippen MR) is 74.8 cm³/mol. The standard InChI is InChI=1S/C14H17N3O2/c1-19-8-6-12(15)14(18)17-13-4-2-3-10-5-7-16-9-11(10)13/h2-5,7,9,12H,6,8,15H2,1H3,(H,17,18). The van der Waals surface area contributed by atoms with Crippen LogP contribution in [0.25, 0.3) is 10.8 Å². The summed E-state index contributed by atoms with van der Waals surface area (Å²) in [6.07, 6.45) is 3.94. The van der Waals surface area contributed by atoms with E-state index in [0.29, 0.717) is 13.0 Å². The van der Waals surface area contributed by atoms with Crippen LogP contribution in [-0.2, 0) is 9.53 Å². The average Bonchev–Trinajstić information content (AvgIpc) is 2.45. The van der Waals surface area contributed by atoms with Gasteiger partial charge in [-0.15, -0.1) is 0 Å². The fourth-order valence-electron chi connectivity index (χ4n) is 1.82. The van der Waals surface area contributed by atoms with E-state index in [9.17, 15) is 4.79 Å². The molecule has 2 rings (SSSR count). The number of hydrogen-bond donors (Lipinski definition) is 2. The summed E-state index contributed by atoms with van der Waals surface area (Å²) in [6.45, 7) is 0.464. The van der Waals surface area contributed by atoms with Gasteiger partial charge in [-0.25, -0.2) is 0 Å². The number of carbonyl (C=O) groups is 1. The van der Waals surface area contributed by atoms with Gasteiger partial charge in [0.25, 0.3) is 0 Å². The molecule has 1 atom stereocenters. The zero-order valence-electron chi connectivity index (χ0n) is 10.8. The Labute approximate surface area is 111 Å². The van der Waals surface area contributed by atoms with Gasteiger partial charge in [-0.05, 0) is 23.9 Å². The molecule has 1 unspecified atom stereocenters. The van der Waals surface area contributed by atoms with Crippen molar-refractivity contribution in [2.24, 2.45) is 5.73 Å². The van der Waals surface area contributed by atoms with E-state index < -0.39 is 6.04 Å². The number of pyridine rings is 1. The first-order chi connectivity index (χ1) is 9.22. The molecule has 1 aromatic heterocycles. The number of anilines is 1. The van der Waals surface area contributed by atoms with E-state index in [1.54, 1.807) is 19.5 Å². The summed E-state index contributed by atoms with van der Waals surface area (Å²) in [7, 11) is 1.58. The van der Waals surface area contributed by atoms with E-state index in [4.69, 9.17) is 10.5 Å². The molecule has 1 aromatic carbocycles. The predicted octanol–water partition coefficient (Wildman–Crippen LogP) is 1.54. The Morgan fingerprint density at radius 2 is 2.32 bits per heavy atom. The fraction of sp³-hybridized carbons (Fsp3) is 0.286. The first-order valence-electron chi connectivity index (χ1n) is 6.10. The number of fused-ring (bicyclic) bond motifs is 1. The van der Waals surface area contributed by atoms with Crippen molar-refractivity contribution in [2.75, 3.05) is 19.0 Å². The smallest absolute Gasteiger partial charge is 0.241 e. The third-order valence-corrected chi connectivity index (χ3v) is 2.91. The van der Waals surface area contributed by atoms with Gasteiger partial charge in [0.1, 0.15) is 0 Å². The van der Waals surface area contributed by atoms with Crippen LogP contribution in [0.15, 0.2) is 36.7 Å². The van der Waals surface area contributed by atoms with Crippen molar-refractivity contribution in [1.29, 1.82) is 0 Å². The number of methoxy groups -OCH3 is 1. The summed E-state index contributed by atoms with van der Waals surface area (Å²) >= 11 is 0. The Morgan fingerprint density at radius 1 is 1.47 bits per heavy atom. The normalized spacial score (nSPS) is 12.3. The van der Waals surface area contributed by atoms with E-state index in [1.165, 1.54) is 0 Å². The van der Waals surface area contributed by atoms with Gasteiger partial charge in [-0.1, -0.05) is 12.1 Å². The molecular formula is C14H17N3O2. The van der Waals surface area contributed by atoms with Gasteiger partial charge in [0.2, 0.25) is 5.91 Å². The first-order valence-corrected chi connectivity index (χ1v) is 6.10. The molecule has 0 aliphatic rings. The molecule has 0 radical (unpaired) electrons. The van der Waals surface area contributed by atoms with Crippen LogP contribution in [0.5, 0.6) is 0 Å². The number of nitrogens with zero attached hydrogens (tertiary/aromatic N) is 1. The molecule has 0 saturated heterocycles. The van der Waals surface area contributed by atoms with E-state index in [0.717, 1.165) is 16.5 Å². The maximum Gasteiger partial charge on any atom is 0.241 e. The summed E-state index contributed by atoms with van der Waals surface area (Å²) in [5, 5.41) is 4.76. The topological polar surface area (TPSA) is 77.2 Å². The van der Waals surface area contributed by atoms with Gasteiger partial charge in [0, 0.05) is 31.5 Å². The highest BCUT2D eigenvalue weighted by Gasteiger charge is 2.14. The zero-order valence-corrected chi connectivity index (χ0v) is 10.8. The number of rotatable bonds is 5. The Hall–Kier alpha value is -1.98. The number of carbonyl (C=O) groups excluding carboxylic acids is 1. The molecule has 5 nitrogen and oxygen atoms in total. The van der Waals surface area contributed by atoms with Crippen LogP contribution in [0.2, 0.25) is 0 Å². The van der Waals surface area contributed by atoms with E-state index in [1.807, 2.05) is 24.3 Å². The highest BCUT2D eigenvalue weighted by Crippen LogP contribution is 2.22. The van der Waals surface area contributed by atoms with Crippen molar-refractivity contribution in [3.63, 3.8) is 0 Å². The number of amides is 1. The first kappa shape index (κ1) is 13.5. The number of aromatic nitrogens is 1. The fourth-order valence-corrected chi connectivity index (χ4v) is 1.82. The second kappa shape index (κ2) is 6.26. The van der Waals surface area contributed by atoms with Gasteiger partial charge in [0.15, 0.2) is 0 Å². The van der Waals surface area contributed by atoms with Gasteiger partial charge in [0.05, 0.1) is 11.7 Å². The second-order valence-corrected chi connectivity index (χ2v) is 4.28. The second-order valence-electron chi connectivity index (χ2n) is 4.28. The van der Waals surface area contributed by atoms with Crippen molar-refractivity contribution >= 4 is 22.4 Å². The maximum absolute atomic E-state index is 11.9. The summed E-state index contributed by atoms with van der Waals surface area (Å²) in [6, 6.07) is 7.02. The lowest BCUT2D eigenvalue weighted by atomic mass is 10.1. The van der Waals surface area contributed by atoms with Gasteiger partial charge in [-0.3, -0.25) is 9.78 Å². The van der Waals surface area contributed by atoms with Crippen LogP contribution in [0.4, 0.5) is 5.69 Å². The third kappa shape index (κ3) is 3.27. The molecular weight excluding hydrogens is 242 g/mol. The molecule has 0 spiro atoms. The number of benzene rings is 1. The van der Waals surface area contributed by atoms with Crippen molar-refractivity contribution in [3.05, 3.63) is 36.7 Å². The van der Waals surface area contributed by atoms with E-state index in [-0.39, 0.29) is 5.91 Å². The van der Waals surface area contributed by atoms with Crippen molar-refractivity contribution < 1.29 is 9.53 Å². The Kier molecular flexibility index (Phi) is 4.43. The monoisotopic (exact) mass is 259 g/mol. The summed E-state index contributed by atoms with van der Waals surface area (Å²) in [4.78, 5) is 16.0. The largest absolute Gasteiger partial charge is 0.385 e. The minimum atomic E-state index is -0.577. The number of nitrogens with two attached hydrogens (primary N) is 1. The molecule has 1 amide bonds. The third-order valence-electron chi connectivity index (χ3n) is 2.91. The average molecular weight is 259 g/mol. The van der Waals surface area contributed by atoms with Crippen LogP contribution in [-0.4, -0.2) is 30.6 Å². The molecule has 3 N–H and O–H groups in total. The Balaban J connectivity index is 2.15. The highest BCUT2D eigenvalue weighted by molar-refractivity contribution is 6.03. The lowest BCUT2D eigenvalue weighted by Crippen LogP contribution is -2.36. The minimum Gasteiger partial charge on any atom is -0.385 e. The van der Waals surface area contributed by atoms with Gasteiger partial charge < -0.3 is 15.8 Å². The van der Waals surface area contributed by atoms with Crippen LogP contribution in [0.3, 0.4) is 0 Å². The quantitative estimate of drug-likeness (QED) is 0.853. The summed E-state index contributed by atoms with van der Waals surface area (Å²) in [5.74, 6) is -0.214. The lowest BCUT2D eigenvalue weighted by Gasteiger charge is -2.13. The molecule has 5 heteroatoms. The molecule has 100 valence electrons. The Bertz CT molecular complexity index is 566. The van der Waals surface area contributed by atoms with Crippen LogP contribution >= 0.6 is 0 Å². The number of hydrogen-bond acceptors (Lipinski definition) is 4. The number of ether oxygens (including phenoxy) is 1. The molecule has 1 heterocycles. The van der Waals surface area contributed by atoms with Gasteiger partial charge >= 0.3 is 0 Å². The summed E-state index contributed by atoms with van der Waals surface area (Å²) < 4.78 is 4.91. The SMILES string of the molecule is COCCC(N)C(=O)Nc1cccc2ccncc12. The van der Waals surface area contributed by atoms with Gasteiger partial charge in [-0.2, -0.15) is 0 Å². The van der Waals surface area contributed by atoms with Crippen molar-refractivity contribution in [1.82, 2.24) is 4.98 Å². The molecule has 2 aromatic rings. The van der Waals surface area contributed by atoms with Crippen LogP contribution < -0.4 is 11.1 Å². The Morgan fingerprint density at radius 3 is 3.11 bits per heavy atom. The molecule has 0 fully saturated rings. The minimum absolute atomic E-state index is 0.214. The summed E-state index contributed by atoms with van der Waals surface area (Å²) in [5.41, 5.74) is 6.51. The van der Waals surface area contributed by atoms with E-state index >= 15 is 0 Å². The van der Waals surface area contributed by atoms with E-state index in [2.05, 4.69) is 10.3 Å².